The van der Waals surface area contributed by atoms with Gasteiger partial charge in [-0.3, -0.25) is 0 Å². The number of aryl methyl sites for hydroxylation is 3. The Hall–Kier alpha value is -4.87. The molecular weight excluding hydrogens is 1000 g/mol. The van der Waals surface area contributed by atoms with E-state index in [1.54, 1.807) is 58.3 Å². The summed E-state index contributed by atoms with van der Waals surface area (Å²) < 4.78 is 26.7. The summed E-state index contributed by atoms with van der Waals surface area (Å²) in [5.41, 5.74) is 2.63. The van der Waals surface area contributed by atoms with E-state index in [2.05, 4.69) is 58.3 Å². The van der Waals surface area contributed by atoms with E-state index in [1.807, 2.05) is 48.5 Å². The molecule has 3 aromatic carbocycles. The number of ether oxygens (including phenoxy) is 4. The minimum Gasteiger partial charge on any atom is -0.482 e. The van der Waals surface area contributed by atoms with E-state index < -0.39 is 37.2 Å². The number of aliphatic hydroxyl groups excluding tert-OH is 2. The highest BCUT2D eigenvalue weighted by Crippen LogP contribution is 2.37. The first-order chi connectivity index (χ1) is 36.8. The van der Waals surface area contributed by atoms with Crippen molar-refractivity contribution in [3.05, 3.63) is 87.8 Å². The van der Waals surface area contributed by atoms with Gasteiger partial charge in [0.05, 0.1) is 6.61 Å². The highest BCUT2D eigenvalue weighted by atomic mass is 32.1. The van der Waals surface area contributed by atoms with Crippen LogP contribution in [0.25, 0.3) is 31.7 Å². The van der Waals surface area contributed by atoms with Crippen molar-refractivity contribution < 1.29 is 34.0 Å². The van der Waals surface area contributed by atoms with E-state index in [0.717, 1.165) is 117 Å². The molecule has 0 aliphatic rings. The lowest BCUT2D eigenvalue weighted by molar-refractivity contribution is -0.218. The normalized spacial score (nSPS) is 12.5. The topological polar surface area (TPSA) is 172 Å². The second-order valence-electron chi connectivity index (χ2n) is 19.5. The maximum atomic E-state index is 15.1. The maximum Gasteiger partial charge on any atom is 0.397 e. The summed E-state index contributed by atoms with van der Waals surface area (Å²) in [5.74, 6) is -2.08. The molecule has 3 heterocycles. The molecule has 2 N–H and O–H groups in total. The molecule has 0 bridgehead atoms. The van der Waals surface area contributed by atoms with Crippen molar-refractivity contribution in [2.24, 2.45) is 0 Å². The van der Waals surface area contributed by atoms with Gasteiger partial charge in [-0.1, -0.05) is 171 Å². The molecular formula is C59H82N6O7S3. The number of hydrogen-bond acceptors (Lipinski definition) is 16. The minimum absolute atomic E-state index is 0.316. The first-order valence-corrected chi connectivity index (χ1v) is 30.5. The summed E-state index contributed by atoms with van der Waals surface area (Å²) >= 11 is 4.77. The van der Waals surface area contributed by atoms with Gasteiger partial charge < -0.3 is 29.2 Å². The van der Waals surface area contributed by atoms with Crippen molar-refractivity contribution in [1.82, 2.24) is 30.6 Å². The van der Waals surface area contributed by atoms with Crippen LogP contribution in [0.3, 0.4) is 0 Å². The zero-order chi connectivity index (χ0) is 52.9. The van der Waals surface area contributed by atoms with E-state index in [9.17, 15) is 10.2 Å². The molecule has 3 aromatic heterocycles. The average molecular weight is 1080 g/mol. The van der Waals surface area contributed by atoms with Crippen LogP contribution >= 0.6 is 34.0 Å². The van der Waals surface area contributed by atoms with E-state index in [0.29, 0.717) is 30.1 Å². The molecule has 13 nitrogen and oxygen atoms in total. The van der Waals surface area contributed by atoms with Crippen LogP contribution in [0.15, 0.2) is 72.8 Å². The van der Waals surface area contributed by atoms with Gasteiger partial charge in [0.15, 0.2) is 6.10 Å². The van der Waals surface area contributed by atoms with Gasteiger partial charge in [0, 0.05) is 36.0 Å². The van der Waals surface area contributed by atoms with E-state index in [-0.39, 0.29) is 0 Å². The zero-order valence-corrected chi connectivity index (χ0v) is 47.5. The number of hydrogen-bond donors (Lipinski definition) is 2. The smallest absolute Gasteiger partial charge is 0.397 e. The summed E-state index contributed by atoms with van der Waals surface area (Å²) in [5, 5.41) is 52.9. The van der Waals surface area contributed by atoms with E-state index in [1.165, 1.54) is 77.0 Å². The SMILES string of the molecule is CCCCCCCCC(Oc1ccc(-c2nnc(CCCCCCC)s2)cc1)C(Oc1ccc(-c2nnc(CCCCCCC)s2)cc1)(Oc1ccc(-c2nnc(CCCCCCC)s2)cc1)C(=O)OCC(O)CO. The Morgan fingerprint density at radius 2 is 0.827 bits per heavy atom. The average Bonchev–Trinajstić information content (AvgIpc) is 4.24. The number of nitrogens with zero attached hydrogens (tertiary/aromatic N) is 6. The molecule has 0 radical (unpaired) electrons. The van der Waals surface area contributed by atoms with Crippen LogP contribution < -0.4 is 14.2 Å². The molecule has 0 spiro atoms. The monoisotopic (exact) mass is 1080 g/mol. The van der Waals surface area contributed by atoms with Gasteiger partial charge in [-0.05, 0) is 105 Å². The number of esters is 1. The predicted octanol–water partition coefficient (Wildman–Crippen LogP) is 15.0. The molecule has 6 rings (SSSR count). The van der Waals surface area contributed by atoms with Crippen molar-refractivity contribution in [3.63, 3.8) is 0 Å². The molecule has 0 aliphatic heterocycles. The van der Waals surface area contributed by atoms with Crippen molar-refractivity contribution in [1.29, 1.82) is 0 Å². The molecule has 408 valence electrons. The molecule has 0 saturated carbocycles. The Morgan fingerprint density at radius 1 is 0.480 bits per heavy atom. The standard InChI is InChI=1S/C59H82N6O7S3/c1-5-9-13-17-21-22-26-51(70-48-36-30-44(31-37-48)55-63-60-52(73-55)27-23-18-14-10-6-2)59(58(68)69-43-47(67)42-66,71-49-38-32-45(33-39-49)56-64-61-53(74-56)28-24-19-15-11-7-3)72-50-40-34-46(35-41-50)57-65-62-54(75-57)29-25-20-16-12-8-4/h30-41,47,51,66-67H,5-29,42-43H2,1-4H3. The number of aliphatic hydroxyl groups is 2. The summed E-state index contributed by atoms with van der Waals surface area (Å²) in [6, 6.07) is 22.4. The van der Waals surface area contributed by atoms with Gasteiger partial charge in [-0.15, -0.1) is 30.6 Å². The van der Waals surface area contributed by atoms with E-state index in [4.69, 9.17) is 18.9 Å². The quantitative estimate of drug-likeness (QED) is 0.0212. The predicted molar refractivity (Wildman–Crippen MR) is 304 cm³/mol. The van der Waals surface area contributed by atoms with Crippen molar-refractivity contribution in [2.45, 2.75) is 206 Å². The third kappa shape index (κ3) is 19.6. The van der Waals surface area contributed by atoms with Gasteiger partial charge in [-0.25, -0.2) is 4.79 Å². The van der Waals surface area contributed by atoms with Gasteiger partial charge in [0.1, 0.15) is 60.0 Å². The summed E-state index contributed by atoms with van der Waals surface area (Å²) in [6.45, 7) is 7.75. The number of carbonyl (C=O) groups excluding carboxylic acids is 1. The molecule has 0 aliphatic carbocycles. The molecule has 0 amide bonds. The number of carbonyl (C=O) groups is 1. The second kappa shape index (κ2) is 33.3. The van der Waals surface area contributed by atoms with Crippen LogP contribution in [-0.4, -0.2) is 78.0 Å². The molecule has 0 fully saturated rings. The zero-order valence-electron chi connectivity index (χ0n) is 45.0. The number of rotatable bonds is 39. The van der Waals surface area contributed by atoms with Gasteiger partial charge in [0.2, 0.25) is 0 Å². The Kier molecular flexibility index (Phi) is 26.4. The first-order valence-electron chi connectivity index (χ1n) is 28.1. The Labute approximate surface area is 458 Å². The Balaban J connectivity index is 1.34. The molecule has 75 heavy (non-hydrogen) atoms. The lowest BCUT2D eigenvalue weighted by Gasteiger charge is -2.38. The van der Waals surface area contributed by atoms with Crippen LogP contribution in [0.4, 0.5) is 0 Å². The van der Waals surface area contributed by atoms with Crippen LogP contribution in [0, 0.1) is 0 Å². The third-order valence-corrected chi connectivity index (χ3v) is 16.2. The number of benzene rings is 3. The molecule has 0 saturated heterocycles. The third-order valence-electron chi connectivity index (χ3n) is 13.2. The van der Waals surface area contributed by atoms with Crippen molar-refractivity contribution in [2.75, 3.05) is 13.2 Å². The van der Waals surface area contributed by atoms with Crippen LogP contribution in [0.1, 0.15) is 184 Å². The lowest BCUT2D eigenvalue weighted by Crippen LogP contribution is -2.62. The summed E-state index contributed by atoms with van der Waals surface area (Å²) in [6.07, 6.45) is 24.4. The maximum absolute atomic E-state index is 15.1. The largest absolute Gasteiger partial charge is 0.482 e. The first kappa shape index (κ1) is 59.4. The minimum atomic E-state index is -2.27. The fourth-order valence-electron chi connectivity index (χ4n) is 8.70. The summed E-state index contributed by atoms with van der Waals surface area (Å²) in [7, 11) is 0. The molecule has 2 atom stereocenters. The summed E-state index contributed by atoms with van der Waals surface area (Å²) in [4.78, 5) is 15.1. The molecule has 16 heteroatoms. The van der Waals surface area contributed by atoms with Gasteiger partial charge >= 0.3 is 11.8 Å². The Morgan fingerprint density at radius 3 is 1.20 bits per heavy atom. The molecule has 6 aromatic rings. The van der Waals surface area contributed by atoms with E-state index >= 15 is 4.79 Å². The highest BCUT2D eigenvalue weighted by molar-refractivity contribution is 7.15. The second-order valence-corrected chi connectivity index (χ2v) is 22.7. The fourth-order valence-corrected chi connectivity index (χ4v) is 11.4. The van der Waals surface area contributed by atoms with Gasteiger partial charge in [-0.2, -0.15) is 0 Å². The van der Waals surface area contributed by atoms with Crippen LogP contribution in [-0.2, 0) is 28.8 Å². The highest BCUT2D eigenvalue weighted by Gasteiger charge is 2.55. The van der Waals surface area contributed by atoms with Crippen LogP contribution in [0.2, 0.25) is 0 Å². The Bertz CT molecular complexity index is 2380. The van der Waals surface area contributed by atoms with Crippen molar-refractivity contribution >= 4 is 40.0 Å². The van der Waals surface area contributed by atoms with Gasteiger partial charge in [0.25, 0.3) is 0 Å². The number of aromatic nitrogens is 6. The van der Waals surface area contributed by atoms with Crippen LogP contribution in [0.5, 0.6) is 17.2 Å². The van der Waals surface area contributed by atoms with Crippen molar-refractivity contribution in [3.8, 4) is 49.0 Å². The fraction of sp³-hybridized carbons (Fsp3) is 0.576. The number of unbranched alkanes of at least 4 members (excludes halogenated alkanes) is 17. The lowest BCUT2D eigenvalue weighted by atomic mass is 10.00. The molecule has 2 unspecified atom stereocenters.